The monoisotopic (exact) mass is 351 g/mol. The molecule has 0 atom stereocenters. The first-order chi connectivity index (χ1) is 9.92. The molecule has 2 rings (SSSR count). The summed E-state index contributed by atoms with van der Waals surface area (Å²) in [6.07, 6.45) is 0. The van der Waals surface area contributed by atoms with E-state index in [4.69, 9.17) is 0 Å². The fraction of sp³-hybridized carbons (Fsp3) is 0.231. The van der Waals surface area contributed by atoms with Crippen LogP contribution in [0.5, 0.6) is 0 Å². The molecule has 0 aliphatic heterocycles. The summed E-state index contributed by atoms with van der Waals surface area (Å²) < 4.78 is 0.796. The maximum atomic E-state index is 11.2. The summed E-state index contributed by atoms with van der Waals surface area (Å²) in [7, 11) is 1.66. The molecular formula is C13H14BrN5O2. The summed E-state index contributed by atoms with van der Waals surface area (Å²) in [6, 6.07) is 5.69. The van der Waals surface area contributed by atoms with Crippen LogP contribution in [0.25, 0.3) is 0 Å². The van der Waals surface area contributed by atoms with Crippen molar-refractivity contribution in [3.63, 3.8) is 0 Å². The summed E-state index contributed by atoms with van der Waals surface area (Å²) in [4.78, 5) is 18.9. The van der Waals surface area contributed by atoms with Crippen LogP contribution in [0.1, 0.15) is 11.3 Å². The van der Waals surface area contributed by atoms with Gasteiger partial charge in [-0.3, -0.25) is 10.1 Å². The maximum absolute atomic E-state index is 11.2. The summed E-state index contributed by atoms with van der Waals surface area (Å²) in [5.74, 6) is 0.479. The molecule has 0 amide bonds. The Labute approximate surface area is 130 Å². The van der Waals surface area contributed by atoms with Gasteiger partial charge >= 0.3 is 5.69 Å². The summed E-state index contributed by atoms with van der Waals surface area (Å²) in [6.45, 7) is 3.52. The standard InChI is InChI=1S/C13H14BrN5O2/c1-7-4-5-9(14)10(6-7)17-12-11(19(20)21)8(2)16-13(15-3)18-12/h4-6H,1-3H3,(H2,15,16,17,18). The van der Waals surface area contributed by atoms with E-state index in [9.17, 15) is 10.1 Å². The van der Waals surface area contributed by atoms with E-state index < -0.39 is 4.92 Å². The van der Waals surface area contributed by atoms with Crippen molar-refractivity contribution in [3.8, 4) is 0 Å². The lowest BCUT2D eigenvalue weighted by Crippen LogP contribution is -2.07. The Morgan fingerprint density at radius 1 is 1.29 bits per heavy atom. The van der Waals surface area contributed by atoms with Crippen LogP contribution in [0.2, 0.25) is 0 Å². The number of hydrogen-bond donors (Lipinski definition) is 2. The highest BCUT2D eigenvalue weighted by Crippen LogP contribution is 2.32. The van der Waals surface area contributed by atoms with Crippen LogP contribution in [0.4, 0.5) is 23.1 Å². The molecule has 0 bridgehead atoms. The third-order valence-electron chi connectivity index (χ3n) is 2.84. The average Bonchev–Trinajstić information content (AvgIpc) is 2.41. The van der Waals surface area contributed by atoms with Gasteiger partial charge in [0.05, 0.1) is 10.6 Å². The number of rotatable bonds is 4. The van der Waals surface area contributed by atoms with Crippen molar-refractivity contribution in [1.29, 1.82) is 0 Å². The molecule has 1 heterocycles. The molecule has 2 N–H and O–H groups in total. The van der Waals surface area contributed by atoms with Crippen molar-refractivity contribution < 1.29 is 4.92 Å². The Hall–Kier alpha value is -2.22. The topological polar surface area (TPSA) is 93.0 Å². The van der Waals surface area contributed by atoms with E-state index >= 15 is 0 Å². The van der Waals surface area contributed by atoms with Gasteiger partial charge in [-0.15, -0.1) is 0 Å². The molecule has 0 aliphatic carbocycles. The predicted octanol–water partition coefficient (Wildman–Crippen LogP) is 3.55. The minimum absolute atomic E-state index is 0.137. The second-order valence-electron chi connectivity index (χ2n) is 4.45. The van der Waals surface area contributed by atoms with Crippen LogP contribution in [0.3, 0.4) is 0 Å². The highest BCUT2D eigenvalue weighted by atomic mass is 79.9. The van der Waals surface area contributed by atoms with Crippen LogP contribution in [0.15, 0.2) is 22.7 Å². The SMILES string of the molecule is CNc1nc(C)c([N+](=O)[O-])c(Nc2cc(C)ccc2Br)n1. The van der Waals surface area contributed by atoms with Crippen molar-refractivity contribution in [2.75, 3.05) is 17.7 Å². The summed E-state index contributed by atoms with van der Waals surface area (Å²) in [5, 5.41) is 17.0. The van der Waals surface area contributed by atoms with E-state index in [1.807, 2.05) is 25.1 Å². The Bertz CT molecular complexity index is 705. The van der Waals surface area contributed by atoms with Gasteiger partial charge in [-0.05, 0) is 47.5 Å². The van der Waals surface area contributed by atoms with E-state index in [0.717, 1.165) is 10.0 Å². The van der Waals surface area contributed by atoms with Gasteiger partial charge < -0.3 is 10.6 Å². The Morgan fingerprint density at radius 3 is 2.62 bits per heavy atom. The van der Waals surface area contributed by atoms with Gasteiger partial charge in [-0.2, -0.15) is 4.98 Å². The van der Waals surface area contributed by atoms with Gasteiger partial charge in [-0.25, -0.2) is 4.98 Å². The first kappa shape index (κ1) is 15.2. The number of nitro groups is 1. The molecule has 0 radical (unpaired) electrons. The first-order valence-electron chi connectivity index (χ1n) is 6.16. The quantitative estimate of drug-likeness (QED) is 0.646. The second kappa shape index (κ2) is 6.04. The number of halogens is 1. The average molecular weight is 352 g/mol. The molecule has 0 unspecified atom stereocenters. The number of nitrogens with one attached hydrogen (secondary N) is 2. The molecule has 2 aromatic rings. The number of aryl methyl sites for hydroxylation is 2. The van der Waals surface area contributed by atoms with Gasteiger partial charge in [0.2, 0.25) is 11.8 Å². The molecule has 110 valence electrons. The van der Waals surface area contributed by atoms with E-state index in [-0.39, 0.29) is 11.5 Å². The first-order valence-corrected chi connectivity index (χ1v) is 6.95. The molecule has 0 fully saturated rings. The van der Waals surface area contributed by atoms with Gasteiger partial charge in [0.25, 0.3) is 0 Å². The van der Waals surface area contributed by atoms with E-state index in [1.54, 1.807) is 14.0 Å². The number of hydrogen-bond acceptors (Lipinski definition) is 6. The normalized spacial score (nSPS) is 10.3. The van der Waals surface area contributed by atoms with Gasteiger partial charge in [0.1, 0.15) is 5.69 Å². The largest absolute Gasteiger partial charge is 0.357 e. The summed E-state index contributed by atoms with van der Waals surface area (Å²) >= 11 is 3.41. The Balaban J connectivity index is 2.54. The molecule has 0 spiro atoms. The molecule has 0 aliphatic rings. The highest BCUT2D eigenvalue weighted by Gasteiger charge is 2.22. The number of aromatic nitrogens is 2. The third-order valence-corrected chi connectivity index (χ3v) is 3.53. The summed E-state index contributed by atoms with van der Waals surface area (Å²) in [5.41, 5.74) is 1.90. The number of nitrogens with zero attached hydrogens (tertiary/aromatic N) is 3. The van der Waals surface area contributed by atoms with E-state index in [0.29, 0.717) is 17.3 Å². The zero-order valence-corrected chi connectivity index (χ0v) is 13.4. The van der Waals surface area contributed by atoms with E-state index in [2.05, 4.69) is 36.5 Å². The fourth-order valence-corrected chi connectivity index (χ4v) is 2.19. The minimum Gasteiger partial charge on any atom is -0.357 e. The zero-order chi connectivity index (χ0) is 15.6. The Kier molecular flexibility index (Phi) is 4.37. The third kappa shape index (κ3) is 3.27. The van der Waals surface area contributed by atoms with Crippen LogP contribution >= 0.6 is 15.9 Å². The van der Waals surface area contributed by atoms with Crippen LogP contribution in [-0.4, -0.2) is 21.9 Å². The lowest BCUT2D eigenvalue weighted by atomic mass is 10.2. The van der Waals surface area contributed by atoms with Crippen molar-refractivity contribution in [2.45, 2.75) is 13.8 Å². The maximum Gasteiger partial charge on any atom is 0.332 e. The Morgan fingerprint density at radius 2 is 2.00 bits per heavy atom. The number of anilines is 3. The molecule has 8 heteroatoms. The molecule has 21 heavy (non-hydrogen) atoms. The molecule has 1 aromatic carbocycles. The second-order valence-corrected chi connectivity index (χ2v) is 5.30. The van der Waals surface area contributed by atoms with E-state index in [1.165, 1.54) is 0 Å². The minimum atomic E-state index is -0.485. The molecule has 0 saturated heterocycles. The lowest BCUT2D eigenvalue weighted by Gasteiger charge is -2.11. The smallest absolute Gasteiger partial charge is 0.332 e. The fourth-order valence-electron chi connectivity index (χ4n) is 1.85. The van der Waals surface area contributed by atoms with Gasteiger partial charge in [-0.1, -0.05) is 6.07 Å². The van der Waals surface area contributed by atoms with Crippen molar-refractivity contribution in [3.05, 3.63) is 44.0 Å². The molecule has 0 saturated carbocycles. The molecular weight excluding hydrogens is 338 g/mol. The van der Waals surface area contributed by atoms with Crippen LogP contribution in [0, 0.1) is 24.0 Å². The molecule has 1 aromatic heterocycles. The van der Waals surface area contributed by atoms with Gasteiger partial charge in [0, 0.05) is 11.5 Å². The zero-order valence-electron chi connectivity index (χ0n) is 11.8. The van der Waals surface area contributed by atoms with Crippen molar-refractivity contribution in [2.24, 2.45) is 0 Å². The van der Waals surface area contributed by atoms with Gasteiger partial charge in [0.15, 0.2) is 0 Å². The molecule has 7 nitrogen and oxygen atoms in total. The predicted molar refractivity (Wildman–Crippen MR) is 85.1 cm³/mol. The van der Waals surface area contributed by atoms with Crippen LogP contribution in [-0.2, 0) is 0 Å². The highest BCUT2D eigenvalue weighted by molar-refractivity contribution is 9.10. The van der Waals surface area contributed by atoms with Crippen molar-refractivity contribution in [1.82, 2.24) is 9.97 Å². The van der Waals surface area contributed by atoms with Crippen molar-refractivity contribution >= 4 is 39.1 Å². The van der Waals surface area contributed by atoms with Crippen LogP contribution < -0.4 is 10.6 Å². The number of benzene rings is 1. The lowest BCUT2D eigenvalue weighted by molar-refractivity contribution is -0.385.